The molecule has 3 heterocycles. The van der Waals surface area contributed by atoms with Gasteiger partial charge in [0.2, 0.25) is 5.78 Å². The molecule has 132 valence electrons. The van der Waals surface area contributed by atoms with Crippen molar-refractivity contribution >= 4 is 29.3 Å². The summed E-state index contributed by atoms with van der Waals surface area (Å²) >= 11 is 0.831. The fourth-order valence-corrected chi connectivity index (χ4v) is 2.71. The number of primary amides is 1. The molecule has 3 aromatic rings. The van der Waals surface area contributed by atoms with Crippen LogP contribution in [0.5, 0.6) is 0 Å². The molecule has 0 saturated heterocycles. The summed E-state index contributed by atoms with van der Waals surface area (Å²) in [6.45, 7) is 0. The van der Waals surface area contributed by atoms with E-state index in [4.69, 9.17) is 10.2 Å². The molecule has 11 heteroatoms. The van der Waals surface area contributed by atoms with Crippen molar-refractivity contribution in [2.24, 2.45) is 5.73 Å². The number of oxazole rings is 1. The molecule has 3 aromatic heterocycles. The van der Waals surface area contributed by atoms with Gasteiger partial charge in [-0.25, -0.2) is 4.98 Å². The predicted octanol–water partition coefficient (Wildman–Crippen LogP) is -0.0164. The third-order valence-corrected chi connectivity index (χ3v) is 3.89. The maximum atomic E-state index is 12.6. The van der Waals surface area contributed by atoms with Crippen LogP contribution in [-0.2, 0) is 16.0 Å². The summed E-state index contributed by atoms with van der Waals surface area (Å²) in [4.78, 5) is 43.7. The highest BCUT2D eigenvalue weighted by atomic mass is 32.1. The van der Waals surface area contributed by atoms with Crippen molar-refractivity contribution in [1.29, 1.82) is 0 Å². The number of hydrogen-bond acceptors (Lipinski definition) is 9. The maximum Gasteiger partial charge on any atom is 0.287 e. The molecule has 0 aliphatic heterocycles. The number of ketones is 1. The molecule has 0 radical (unpaired) electrons. The van der Waals surface area contributed by atoms with E-state index in [0.29, 0.717) is 11.5 Å². The van der Waals surface area contributed by atoms with E-state index < -0.39 is 23.6 Å². The first-order chi connectivity index (χ1) is 12.6. The van der Waals surface area contributed by atoms with Crippen LogP contribution in [0.2, 0.25) is 0 Å². The largest absolute Gasteiger partial charge is 0.448 e. The lowest BCUT2D eigenvalue weighted by Gasteiger charge is -2.14. The molecule has 3 N–H and O–H groups in total. The van der Waals surface area contributed by atoms with Crippen molar-refractivity contribution in [1.82, 2.24) is 24.0 Å². The fraction of sp³-hybridized carbons (Fsp3) is 0.133. The summed E-state index contributed by atoms with van der Waals surface area (Å²) in [6, 6.07) is 3.93. The SMILES string of the molecule is NC(=O)C(=O)C(Cc1cnco1)NC(=O)c1nsnc1-c1ccccn1. The maximum absolute atomic E-state index is 12.6. The second kappa shape index (κ2) is 7.61. The van der Waals surface area contributed by atoms with E-state index in [1.54, 1.807) is 24.4 Å². The number of aromatic nitrogens is 4. The predicted molar refractivity (Wildman–Crippen MR) is 88.8 cm³/mol. The third kappa shape index (κ3) is 3.78. The standard InChI is InChI=1S/C15H12N6O4S/c16-14(23)13(22)10(5-8-6-17-7-25-8)19-15(24)12-11(20-26-21-12)9-3-1-2-4-18-9/h1-4,6-7,10H,5H2,(H2,16,23)(H,19,24). The summed E-state index contributed by atoms with van der Waals surface area (Å²) in [7, 11) is 0. The number of nitrogens with two attached hydrogens (primary N) is 1. The highest BCUT2D eigenvalue weighted by Crippen LogP contribution is 2.19. The Kier molecular flexibility index (Phi) is 5.08. The molecule has 2 amide bonds. The first kappa shape index (κ1) is 17.4. The molecular weight excluding hydrogens is 360 g/mol. The normalized spacial score (nSPS) is 11.7. The first-order valence-corrected chi connectivity index (χ1v) is 8.05. The second-order valence-corrected chi connectivity index (χ2v) is 5.63. The highest BCUT2D eigenvalue weighted by molar-refractivity contribution is 6.99. The van der Waals surface area contributed by atoms with Crippen molar-refractivity contribution in [3.63, 3.8) is 0 Å². The minimum absolute atomic E-state index is 0.00598. The van der Waals surface area contributed by atoms with E-state index in [1.165, 1.54) is 12.6 Å². The lowest BCUT2D eigenvalue weighted by Crippen LogP contribution is -2.47. The van der Waals surface area contributed by atoms with Crippen molar-refractivity contribution in [2.45, 2.75) is 12.5 Å². The summed E-state index contributed by atoms with van der Waals surface area (Å²) in [5.41, 5.74) is 5.79. The summed E-state index contributed by atoms with van der Waals surface area (Å²) < 4.78 is 13.1. The molecule has 0 saturated carbocycles. The number of nitrogens with one attached hydrogen (secondary N) is 1. The van der Waals surface area contributed by atoms with Gasteiger partial charge in [0.05, 0.1) is 23.6 Å². The fourth-order valence-electron chi connectivity index (χ4n) is 2.16. The molecule has 26 heavy (non-hydrogen) atoms. The van der Waals surface area contributed by atoms with E-state index in [2.05, 4.69) is 24.0 Å². The number of Topliss-reactive ketones (excluding diaryl/α,β-unsaturated/α-hetero) is 1. The Morgan fingerprint density at radius 1 is 1.27 bits per heavy atom. The molecule has 0 aliphatic rings. The van der Waals surface area contributed by atoms with Crippen LogP contribution in [0.4, 0.5) is 0 Å². The van der Waals surface area contributed by atoms with Gasteiger partial charge < -0.3 is 15.5 Å². The molecule has 0 bridgehead atoms. The van der Waals surface area contributed by atoms with Gasteiger partial charge in [-0.15, -0.1) is 0 Å². The molecule has 1 unspecified atom stereocenters. The van der Waals surface area contributed by atoms with Gasteiger partial charge >= 0.3 is 0 Å². The van der Waals surface area contributed by atoms with E-state index >= 15 is 0 Å². The Morgan fingerprint density at radius 3 is 2.77 bits per heavy atom. The smallest absolute Gasteiger partial charge is 0.287 e. The van der Waals surface area contributed by atoms with Gasteiger partial charge in [-0.2, -0.15) is 8.75 Å². The average molecular weight is 372 g/mol. The van der Waals surface area contributed by atoms with E-state index in [1.807, 2.05) is 0 Å². The van der Waals surface area contributed by atoms with Crippen LogP contribution in [0.3, 0.4) is 0 Å². The minimum Gasteiger partial charge on any atom is -0.448 e. The van der Waals surface area contributed by atoms with E-state index in [9.17, 15) is 14.4 Å². The minimum atomic E-state index is -1.22. The number of hydrogen-bond donors (Lipinski definition) is 2. The van der Waals surface area contributed by atoms with Crippen molar-refractivity contribution < 1.29 is 18.8 Å². The number of carbonyl (C=O) groups excluding carboxylic acids is 3. The van der Waals surface area contributed by atoms with Crippen molar-refractivity contribution in [3.05, 3.63) is 48.4 Å². The zero-order chi connectivity index (χ0) is 18.5. The topological polar surface area (TPSA) is 154 Å². The first-order valence-electron chi connectivity index (χ1n) is 7.32. The summed E-state index contributed by atoms with van der Waals surface area (Å²) in [5, 5.41) is 2.45. The van der Waals surface area contributed by atoms with Crippen LogP contribution in [0, 0.1) is 0 Å². The van der Waals surface area contributed by atoms with Crippen LogP contribution in [0.1, 0.15) is 16.2 Å². The Hall–Kier alpha value is -3.47. The molecule has 0 spiro atoms. The molecule has 3 rings (SSSR count). The van der Waals surface area contributed by atoms with Gasteiger partial charge in [0.25, 0.3) is 11.8 Å². The van der Waals surface area contributed by atoms with Crippen LogP contribution in [0.15, 0.2) is 41.4 Å². The number of rotatable bonds is 7. The number of carbonyl (C=O) groups is 3. The van der Waals surface area contributed by atoms with Gasteiger partial charge in [0.1, 0.15) is 17.5 Å². The quantitative estimate of drug-likeness (QED) is 0.549. The van der Waals surface area contributed by atoms with E-state index in [-0.39, 0.29) is 17.8 Å². The number of pyridine rings is 1. The third-order valence-electron chi connectivity index (χ3n) is 3.36. The average Bonchev–Trinajstić information content (AvgIpc) is 3.32. The molecular formula is C15H12N6O4S. The number of amides is 2. The monoisotopic (exact) mass is 372 g/mol. The highest BCUT2D eigenvalue weighted by Gasteiger charge is 2.29. The Bertz CT molecular complexity index is 925. The van der Waals surface area contributed by atoms with Gasteiger partial charge in [-0.05, 0) is 12.1 Å². The van der Waals surface area contributed by atoms with Crippen molar-refractivity contribution in [3.8, 4) is 11.4 Å². The molecule has 0 aromatic carbocycles. The van der Waals surface area contributed by atoms with Gasteiger partial charge in [-0.3, -0.25) is 19.4 Å². The second-order valence-electron chi connectivity index (χ2n) is 5.10. The van der Waals surface area contributed by atoms with Gasteiger partial charge in [0.15, 0.2) is 12.1 Å². The van der Waals surface area contributed by atoms with Crippen molar-refractivity contribution in [2.75, 3.05) is 0 Å². The molecule has 10 nitrogen and oxygen atoms in total. The summed E-state index contributed by atoms with van der Waals surface area (Å²) in [6.07, 6.45) is 4.02. The number of nitrogens with zero attached hydrogens (tertiary/aromatic N) is 4. The van der Waals surface area contributed by atoms with Crippen LogP contribution >= 0.6 is 11.7 Å². The zero-order valence-electron chi connectivity index (χ0n) is 13.2. The van der Waals surface area contributed by atoms with Crippen LogP contribution in [-0.4, -0.2) is 42.4 Å². The van der Waals surface area contributed by atoms with Gasteiger partial charge in [-0.1, -0.05) is 6.07 Å². The zero-order valence-corrected chi connectivity index (χ0v) is 14.0. The van der Waals surface area contributed by atoms with E-state index in [0.717, 1.165) is 11.7 Å². The van der Waals surface area contributed by atoms with Crippen LogP contribution in [0.25, 0.3) is 11.4 Å². The lowest BCUT2D eigenvalue weighted by molar-refractivity contribution is -0.137. The molecule has 1 atom stereocenters. The van der Waals surface area contributed by atoms with Gasteiger partial charge in [0, 0.05) is 12.6 Å². The molecule has 0 fully saturated rings. The molecule has 0 aliphatic carbocycles. The van der Waals surface area contributed by atoms with Crippen LogP contribution < -0.4 is 11.1 Å². The Labute approximate surface area is 150 Å². The Morgan fingerprint density at radius 2 is 2.12 bits per heavy atom. The Balaban J connectivity index is 1.83. The summed E-state index contributed by atoms with van der Waals surface area (Å²) in [5.74, 6) is -2.50. The lowest BCUT2D eigenvalue weighted by atomic mass is 10.1.